The van der Waals surface area contributed by atoms with Gasteiger partial charge in [0, 0.05) is 23.4 Å². The molecule has 0 aromatic heterocycles. The first-order valence-electron chi connectivity index (χ1n) is 7.61. The highest BCUT2D eigenvalue weighted by molar-refractivity contribution is 6.39. The smallest absolute Gasteiger partial charge is 0.329 e. The topological polar surface area (TPSA) is 123 Å². The number of rotatable bonds is 6. The number of benzene rings is 2. The first-order chi connectivity index (χ1) is 12.5. The largest absolute Gasteiger partial charge is 0.494 e. The van der Waals surface area contributed by atoms with Gasteiger partial charge in [0.1, 0.15) is 5.75 Å². The van der Waals surface area contributed by atoms with E-state index in [0.29, 0.717) is 23.6 Å². The summed E-state index contributed by atoms with van der Waals surface area (Å²) in [4.78, 5) is 33.6. The lowest BCUT2D eigenvalue weighted by Gasteiger charge is -2.06. The van der Waals surface area contributed by atoms with Crippen LogP contribution in [-0.2, 0) is 9.59 Å². The first kappa shape index (κ1) is 18.6. The summed E-state index contributed by atoms with van der Waals surface area (Å²) in [6.07, 6.45) is 1.20. The van der Waals surface area contributed by atoms with Crippen LogP contribution >= 0.6 is 0 Å². The Morgan fingerprint density at radius 2 is 1.92 bits per heavy atom. The number of hydrogen-bond acceptors (Lipinski definition) is 6. The zero-order valence-electron chi connectivity index (χ0n) is 13.8. The van der Waals surface area contributed by atoms with E-state index in [1.165, 1.54) is 24.4 Å². The standard InChI is InChI=1S/C17H16N4O5/c1-2-26-15-8-6-13(7-9-15)19-16(22)17(23)20-18-11-12-4-3-5-14(10-12)21(24)25/h3-11H,2H2,1H3,(H,19,22)(H,20,23)/b18-11-. The van der Waals surface area contributed by atoms with Crippen LogP contribution in [0.25, 0.3) is 0 Å². The second kappa shape index (κ2) is 8.92. The highest BCUT2D eigenvalue weighted by Crippen LogP contribution is 2.15. The molecule has 2 aromatic carbocycles. The van der Waals surface area contributed by atoms with Gasteiger partial charge in [0.2, 0.25) is 0 Å². The van der Waals surface area contributed by atoms with Crippen molar-refractivity contribution in [1.82, 2.24) is 5.43 Å². The van der Waals surface area contributed by atoms with E-state index in [2.05, 4.69) is 15.8 Å². The second-order valence-corrected chi connectivity index (χ2v) is 4.96. The van der Waals surface area contributed by atoms with E-state index in [1.54, 1.807) is 30.3 Å². The maximum absolute atomic E-state index is 11.8. The number of non-ortho nitro benzene ring substituents is 1. The number of ether oxygens (including phenoxy) is 1. The Bertz CT molecular complexity index is 833. The molecular formula is C17H16N4O5. The summed E-state index contributed by atoms with van der Waals surface area (Å²) in [5.74, 6) is -1.22. The van der Waals surface area contributed by atoms with Crippen LogP contribution in [0.5, 0.6) is 5.75 Å². The molecule has 0 aliphatic heterocycles. The minimum atomic E-state index is -0.972. The summed E-state index contributed by atoms with van der Waals surface area (Å²) >= 11 is 0. The molecule has 134 valence electrons. The third-order valence-electron chi connectivity index (χ3n) is 3.09. The lowest BCUT2D eigenvalue weighted by Crippen LogP contribution is -2.32. The van der Waals surface area contributed by atoms with Crippen molar-refractivity contribution < 1.29 is 19.2 Å². The molecule has 0 heterocycles. The van der Waals surface area contributed by atoms with Gasteiger partial charge in [-0.3, -0.25) is 19.7 Å². The van der Waals surface area contributed by atoms with Gasteiger partial charge in [-0.25, -0.2) is 5.43 Å². The molecule has 2 N–H and O–H groups in total. The molecule has 0 atom stereocenters. The molecule has 2 aromatic rings. The SMILES string of the molecule is CCOc1ccc(NC(=O)C(=O)N/N=C\c2cccc([N+](=O)[O-])c2)cc1. The van der Waals surface area contributed by atoms with Crippen LogP contribution in [0.2, 0.25) is 0 Å². The summed E-state index contributed by atoms with van der Waals surface area (Å²) in [5.41, 5.74) is 2.79. The molecule has 2 amide bonds. The van der Waals surface area contributed by atoms with Crippen molar-refractivity contribution in [2.45, 2.75) is 6.92 Å². The van der Waals surface area contributed by atoms with Gasteiger partial charge >= 0.3 is 11.8 Å². The molecule has 0 unspecified atom stereocenters. The van der Waals surface area contributed by atoms with Crippen LogP contribution in [0.4, 0.5) is 11.4 Å². The molecule has 0 saturated heterocycles. The van der Waals surface area contributed by atoms with Crippen LogP contribution in [0, 0.1) is 10.1 Å². The summed E-state index contributed by atoms with van der Waals surface area (Å²) < 4.78 is 5.28. The molecule has 9 nitrogen and oxygen atoms in total. The van der Waals surface area contributed by atoms with Crippen molar-refractivity contribution in [1.29, 1.82) is 0 Å². The molecular weight excluding hydrogens is 340 g/mol. The molecule has 0 aliphatic rings. The molecule has 0 bridgehead atoms. The Labute approximate surface area is 148 Å². The Kier molecular flexibility index (Phi) is 6.38. The number of carbonyl (C=O) groups excluding carboxylic acids is 2. The van der Waals surface area contributed by atoms with Gasteiger partial charge < -0.3 is 10.1 Å². The fourth-order valence-corrected chi connectivity index (χ4v) is 1.92. The number of nitro benzene ring substituents is 1. The third-order valence-corrected chi connectivity index (χ3v) is 3.09. The molecule has 0 radical (unpaired) electrons. The van der Waals surface area contributed by atoms with E-state index in [9.17, 15) is 19.7 Å². The van der Waals surface area contributed by atoms with Crippen LogP contribution in [-0.4, -0.2) is 29.6 Å². The number of nitrogens with zero attached hydrogens (tertiary/aromatic N) is 2. The van der Waals surface area contributed by atoms with E-state index in [0.717, 1.165) is 0 Å². The first-order valence-corrected chi connectivity index (χ1v) is 7.61. The van der Waals surface area contributed by atoms with Crippen LogP contribution < -0.4 is 15.5 Å². The fraction of sp³-hybridized carbons (Fsp3) is 0.118. The van der Waals surface area contributed by atoms with Crippen LogP contribution in [0.3, 0.4) is 0 Å². The zero-order chi connectivity index (χ0) is 18.9. The minimum Gasteiger partial charge on any atom is -0.494 e. The Morgan fingerprint density at radius 1 is 1.19 bits per heavy atom. The highest BCUT2D eigenvalue weighted by atomic mass is 16.6. The van der Waals surface area contributed by atoms with Crippen molar-refractivity contribution in [3.63, 3.8) is 0 Å². The number of amides is 2. The molecule has 0 saturated carbocycles. The van der Waals surface area contributed by atoms with E-state index in [-0.39, 0.29) is 5.69 Å². The number of anilines is 1. The molecule has 0 spiro atoms. The van der Waals surface area contributed by atoms with Gasteiger partial charge in [-0.15, -0.1) is 0 Å². The molecule has 0 fully saturated rings. The van der Waals surface area contributed by atoms with Gasteiger partial charge in [0.05, 0.1) is 17.7 Å². The van der Waals surface area contributed by atoms with Gasteiger partial charge in [-0.1, -0.05) is 12.1 Å². The third kappa shape index (κ3) is 5.41. The number of hydrogen-bond donors (Lipinski definition) is 2. The van der Waals surface area contributed by atoms with Crippen molar-refractivity contribution in [2.24, 2.45) is 5.10 Å². The predicted octanol–water partition coefficient (Wildman–Crippen LogP) is 2.08. The van der Waals surface area contributed by atoms with Gasteiger partial charge in [-0.05, 0) is 31.2 Å². The molecule has 2 rings (SSSR count). The van der Waals surface area contributed by atoms with Gasteiger partial charge in [0.25, 0.3) is 5.69 Å². The van der Waals surface area contributed by atoms with Gasteiger partial charge in [-0.2, -0.15) is 5.10 Å². The predicted molar refractivity (Wildman–Crippen MR) is 95.1 cm³/mol. The number of nitrogens with one attached hydrogen (secondary N) is 2. The summed E-state index contributed by atoms with van der Waals surface area (Å²) in [5, 5.41) is 16.7. The summed E-state index contributed by atoms with van der Waals surface area (Å²) in [7, 11) is 0. The minimum absolute atomic E-state index is 0.103. The average molecular weight is 356 g/mol. The Hall–Kier alpha value is -3.75. The monoisotopic (exact) mass is 356 g/mol. The lowest BCUT2D eigenvalue weighted by atomic mass is 10.2. The number of hydrazone groups is 1. The van der Waals surface area contributed by atoms with Crippen molar-refractivity contribution in [3.8, 4) is 5.75 Å². The quantitative estimate of drug-likeness (QED) is 0.355. The summed E-state index contributed by atoms with van der Waals surface area (Å²) in [6, 6.07) is 12.2. The second-order valence-electron chi connectivity index (χ2n) is 4.96. The Balaban J connectivity index is 1.89. The number of nitro groups is 1. The Morgan fingerprint density at radius 3 is 2.58 bits per heavy atom. The van der Waals surface area contributed by atoms with Crippen LogP contribution in [0.15, 0.2) is 53.6 Å². The maximum atomic E-state index is 11.8. The average Bonchev–Trinajstić information content (AvgIpc) is 2.63. The van der Waals surface area contributed by atoms with Crippen molar-refractivity contribution in [3.05, 3.63) is 64.2 Å². The molecule has 0 aliphatic carbocycles. The zero-order valence-corrected chi connectivity index (χ0v) is 13.8. The normalized spacial score (nSPS) is 10.3. The van der Waals surface area contributed by atoms with Gasteiger partial charge in [0.15, 0.2) is 0 Å². The van der Waals surface area contributed by atoms with Crippen LogP contribution in [0.1, 0.15) is 12.5 Å². The fourth-order valence-electron chi connectivity index (χ4n) is 1.92. The summed E-state index contributed by atoms with van der Waals surface area (Å²) in [6.45, 7) is 2.38. The maximum Gasteiger partial charge on any atom is 0.329 e. The van der Waals surface area contributed by atoms with E-state index < -0.39 is 16.7 Å². The molecule has 9 heteroatoms. The van der Waals surface area contributed by atoms with E-state index in [1.807, 2.05) is 6.92 Å². The van der Waals surface area contributed by atoms with Crippen molar-refractivity contribution in [2.75, 3.05) is 11.9 Å². The lowest BCUT2D eigenvalue weighted by molar-refractivity contribution is -0.384. The number of carbonyl (C=O) groups is 2. The van der Waals surface area contributed by atoms with Crippen molar-refractivity contribution >= 4 is 29.4 Å². The highest BCUT2D eigenvalue weighted by Gasteiger charge is 2.13. The van der Waals surface area contributed by atoms with E-state index in [4.69, 9.17) is 4.74 Å². The molecule has 26 heavy (non-hydrogen) atoms. The van der Waals surface area contributed by atoms with E-state index >= 15 is 0 Å².